The van der Waals surface area contributed by atoms with Gasteiger partial charge in [0.25, 0.3) is 0 Å². The lowest BCUT2D eigenvalue weighted by Gasteiger charge is -2.30. The molecule has 142 valence electrons. The fourth-order valence-electron chi connectivity index (χ4n) is 3.10. The minimum absolute atomic E-state index is 0.217. The van der Waals surface area contributed by atoms with E-state index in [0.717, 1.165) is 23.3 Å². The molecule has 2 aromatic carbocycles. The van der Waals surface area contributed by atoms with Crippen LogP contribution in [0.4, 0.5) is 4.79 Å². The Bertz CT molecular complexity index is 762. The van der Waals surface area contributed by atoms with Crippen molar-refractivity contribution in [1.29, 1.82) is 0 Å². The van der Waals surface area contributed by atoms with E-state index in [-0.39, 0.29) is 12.6 Å². The largest absolute Gasteiger partial charge is 0.489 e. The molecule has 2 N–H and O–H groups in total. The highest BCUT2D eigenvalue weighted by molar-refractivity contribution is 5.76. The SMILES string of the molecule is O=C(O)C1CCCN(C(=O)NCc2ccc(OCc3ccccc3)cc2)C1. The van der Waals surface area contributed by atoms with Crippen LogP contribution in [0, 0.1) is 5.92 Å². The maximum absolute atomic E-state index is 12.3. The lowest BCUT2D eigenvalue weighted by molar-refractivity contribution is -0.143. The van der Waals surface area contributed by atoms with Crippen molar-refractivity contribution in [2.75, 3.05) is 13.1 Å². The quantitative estimate of drug-likeness (QED) is 0.820. The Morgan fingerprint density at radius 1 is 1.07 bits per heavy atom. The Hall–Kier alpha value is -3.02. The average molecular weight is 368 g/mol. The first kappa shape index (κ1) is 18.8. The third-order valence-corrected chi connectivity index (χ3v) is 4.67. The molecule has 0 spiro atoms. The average Bonchev–Trinajstić information content (AvgIpc) is 2.72. The smallest absolute Gasteiger partial charge is 0.317 e. The van der Waals surface area contributed by atoms with Gasteiger partial charge in [-0.2, -0.15) is 0 Å². The number of aliphatic carboxylic acids is 1. The van der Waals surface area contributed by atoms with Crippen LogP contribution in [0.2, 0.25) is 0 Å². The van der Waals surface area contributed by atoms with E-state index < -0.39 is 11.9 Å². The Balaban J connectivity index is 1.45. The molecule has 0 aliphatic carbocycles. The summed E-state index contributed by atoms with van der Waals surface area (Å²) in [6, 6.07) is 17.3. The third kappa shape index (κ3) is 5.48. The van der Waals surface area contributed by atoms with Gasteiger partial charge in [0.2, 0.25) is 0 Å². The van der Waals surface area contributed by atoms with E-state index in [9.17, 15) is 9.59 Å². The van der Waals surface area contributed by atoms with Crippen molar-refractivity contribution in [2.45, 2.75) is 26.0 Å². The molecule has 0 bridgehead atoms. The number of benzene rings is 2. The van der Waals surface area contributed by atoms with Crippen molar-refractivity contribution < 1.29 is 19.4 Å². The number of rotatable bonds is 6. The number of likely N-dealkylation sites (tertiary alicyclic amines) is 1. The molecule has 1 aliphatic rings. The topological polar surface area (TPSA) is 78.9 Å². The van der Waals surface area contributed by atoms with E-state index in [4.69, 9.17) is 9.84 Å². The molecule has 2 amide bonds. The van der Waals surface area contributed by atoms with Crippen LogP contribution in [-0.4, -0.2) is 35.1 Å². The number of hydrogen-bond donors (Lipinski definition) is 2. The predicted octanol–water partition coefficient (Wildman–Crippen LogP) is 3.27. The summed E-state index contributed by atoms with van der Waals surface area (Å²) < 4.78 is 5.75. The molecule has 1 saturated heterocycles. The Labute approximate surface area is 158 Å². The highest BCUT2D eigenvalue weighted by Crippen LogP contribution is 2.17. The molecule has 27 heavy (non-hydrogen) atoms. The summed E-state index contributed by atoms with van der Waals surface area (Å²) in [6.45, 7) is 1.78. The second-order valence-corrected chi connectivity index (χ2v) is 6.70. The highest BCUT2D eigenvalue weighted by Gasteiger charge is 2.27. The number of ether oxygens (including phenoxy) is 1. The molecule has 6 heteroatoms. The van der Waals surface area contributed by atoms with Crippen molar-refractivity contribution in [3.8, 4) is 5.75 Å². The predicted molar refractivity (Wildman–Crippen MR) is 101 cm³/mol. The number of carboxylic acid groups (broad SMARTS) is 1. The van der Waals surface area contributed by atoms with Gasteiger partial charge in [-0.25, -0.2) is 4.79 Å². The number of carbonyl (C=O) groups is 2. The standard InChI is InChI=1S/C21H24N2O4/c24-20(25)18-7-4-12-23(14-18)21(26)22-13-16-8-10-19(11-9-16)27-15-17-5-2-1-3-6-17/h1-3,5-6,8-11,18H,4,7,12-15H2,(H,22,26)(H,24,25). The Morgan fingerprint density at radius 3 is 2.52 bits per heavy atom. The molecule has 0 saturated carbocycles. The summed E-state index contributed by atoms with van der Waals surface area (Å²) in [6.07, 6.45) is 1.35. The van der Waals surface area contributed by atoms with Gasteiger partial charge in [-0.3, -0.25) is 4.79 Å². The first-order chi connectivity index (χ1) is 13.1. The van der Waals surface area contributed by atoms with Crippen molar-refractivity contribution in [3.05, 3.63) is 65.7 Å². The molecular formula is C21H24N2O4. The van der Waals surface area contributed by atoms with Crippen LogP contribution in [0.15, 0.2) is 54.6 Å². The van der Waals surface area contributed by atoms with E-state index in [2.05, 4.69) is 5.32 Å². The van der Waals surface area contributed by atoms with Gasteiger partial charge in [0.05, 0.1) is 5.92 Å². The van der Waals surface area contributed by atoms with Crippen LogP contribution in [0.5, 0.6) is 5.75 Å². The van der Waals surface area contributed by atoms with Gasteiger partial charge in [0.1, 0.15) is 12.4 Å². The van der Waals surface area contributed by atoms with Gasteiger partial charge in [-0.1, -0.05) is 42.5 Å². The fraction of sp³-hybridized carbons (Fsp3) is 0.333. The van der Waals surface area contributed by atoms with E-state index in [1.165, 1.54) is 0 Å². The minimum atomic E-state index is -0.835. The molecule has 1 fully saturated rings. The van der Waals surface area contributed by atoms with Crippen molar-refractivity contribution in [2.24, 2.45) is 5.92 Å². The van der Waals surface area contributed by atoms with Crippen LogP contribution in [0.25, 0.3) is 0 Å². The number of amides is 2. The van der Waals surface area contributed by atoms with Crippen LogP contribution < -0.4 is 10.1 Å². The molecule has 3 rings (SSSR count). The Kier molecular flexibility index (Phi) is 6.30. The van der Waals surface area contributed by atoms with Crippen molar-refractivity contribution in [1.82, 2.24) is 10.2 Å². The summed E-state index contributed by atoms with van der Waals surface area (Å²) in [4.78, 5) is 25.0. The third-order valence-electron chi connectivity index (χ3n) is 4.67. The number of piperidine rings is 1. The molecule has 6 nitrogen and oxygen atoms in total. The molecule has 2 aromatic rings. The van der Waals surface area contributed by atoms with Crippen molar-refractivity contribution >= 4 is 12.0 Å². The molecule has 0 radical (unpaired) electrons. The normalized spacial score (nSPS) is 16.6. The maximum Gasteiger partial charge on any atom is 0.317 e. The van der Waals surface area contributed by atoms with E-state index >= 15 is 0 Å². The number of urea groups is 1. The van der Waals surface area contributed by atoms with Gasteiger partial charge < -0.3 is 20.1 Å². The zero-order chi connectivity index (χ0) is 19.1. The second kappa shape index (κ2) is 9.07. The lowest BCUT2D eigenvalue weighted by atomic mass is 9.99. The minimum Gasteiger partial charge on any atom is -0.489 e. The van der Waals surface area contributed by atoms with Gasteiger partial charge in [-0.05, 0) is 36.1 Å². The molecule has 0 aromatic heterocycles. The van der Waals surface area contributed by atoms with Crippen LogP contribution in [-0.2, 0) is 17.9 Å². The zero-order valence-electron chi connectivity index (χ0n) is 15.1. The van der Waals surface area contributed by atoms with Crippen LogP contribution in [0.3, 0.4) is 0 Å². The van der Waals surface area contributed by atoms with Gasteiger partial charge in [0.15, 0.2) is 0 Å². The molecule has 1 unspecified atom stereocenters. The van der Waals surface area contributed by atoms with Gasteiger partial charge in [0, 0.05) is 19.6 Å². The summed E-state index contributed by atoms with van der Waals surface area (Å²) in [7, 11) is 0. The van der Waals surface area contributed by atoms with E-state index in [1.54, 1.807) is 4.90 Å². The Morgan fingerprint density at radius 2 is 1.81 bits per heavy atom. The van der Waals surface area contributed by atoms with Gasteiger partial charge >= 0.3 is 12.0 Å². The fourth-order valence-corrected chi connectivity index (χ4v) is 3.10. The zero-order valence-corrected chi connectivity index (χ0v) is 15.1. The summed E-state index contributed by atoms with van der Waals surface area (Å²) in [5, 5.41) is 12.0. The first-order valence-corrected chi connectivity index (χ1v) is 9.13. The first-order valence-electron chi connectivity index (χ1n) is 9.13. The second-order valence-electron chi connectivity index (χ2n) is 6.70. The van der Waals surface area contributed by atoms with Crippen LogP contribution >= 0.6 is 0 Å². The van der Waals surface area contributed by atoms with Crippen molar-refractivity contribution in [3.63, 3.8) is 0 Å². The summed E-state index contributed by atoms with van der Waals surface area (Å²) in [5.74, 6) is -0.529. The molecular weight excluding hydrogens is 344 g/mol. The number of carbonyl (C=O) groups excluding carboxylic acids is 1. The summed E-state index contributed by atoms with van der Waals surface area (Å²) in [5.41, 5.74) is 2.07. The number of nitrogens with zero attached hydrogens (tertiary/aromatic N) is 1. The van der Waals surface area contributed by atoms with E-state index in [0.29, 0.717) is 26.1 Å². The number of hydrogen-bond acceptors (Lipinski definition) is 3. The molecule has 1 heterocycles. The lowest BCUT2D eigenvalue weighted by Crippen LogP contribution is -2.46. The number of nitrogens with one attached hydrogen (secondary N) is 1. The monoisotopic (exact) mass is 368 g/mol. The maximum atomic E-state index is 12.3. The van der Waals surface area contributed by atoms with E-state index in [1.807, 2.05) is 54.6 Å². The summed E-state index contributed by atoms with van der Waals surface area (Å²) >= 11 is 0. The number of carboxylic acids is 1. The van der Waals surface area contributed by atoms with Crippen LogP contribution in [0.1, 0.15) is 24.0 Å². The van der Waals surface area contributed by atoms with Gasteiger partial charge in [-0.15, -0.1) is 0 Å². The molecule has 1 aliphatic heterocycles. The highest BCUT2D eigenvalue weighted by atomic mass is 16.5. The molecule has 1 atom stereocenters.